The lowest BCUT2D eigenvalue weighted by Crippen LogP contribution is -2.20. The van der Waals surface area contributed by atoms with Gasteiger partial charge in [0.25, 0.3) is 0 Å². The smallest absolute Gasteiger partial charge is 0.201 e. The lowest BCUT2D eigenvalue weighted by molar-refractivity contribution is 0.0826. The van der Waals surface area contributed by atoms with E-state index in [0.29, 0.717) is 5.95 Å². The van der Waals surface area contributed by atoms with E-state index in [1.54, 1.807) is 4.57 Å². The number of anilines is 1. The Kier molecular flexibility index (Phi) is 2.57. The summed E-state index contributed by atoms with van der Waals surface area (Å²) in [6, 6.07) is 7.49. The van der Waals surface area contributed by atoms with Crippen LogP contribution >= 0.6 is 0 Å². The molecule has 0 aliphatic carbocycles. The highest BCUT2D eigenvalue weighted by molar-refractivity contribution is 5.78. The molecule has 0 bridgehead atoms. The van der Waals surface area contributed by atoms with Crippen LogP contribution in [0.4, 0.5) is 5.95 Å². The Morgan fingerprint density at radius 1 is 1.40 bits per heavy atom. The quantitative estimate of drug-likeness (QED) is 0.660. The van der Waals surface area contributed by atoms with Crippen LogP contribution in [-0.4, -0.2) is 32.5 Å². The topological polar surface area (TPSA) is 84.3 Å². The molecular formula is C10H13N3O2. The van der Waals surface area contributed by atoms with Gasteiger partial charge in [0.2, 0.25) is 5.95 Å². The first-order valence-electron chi connectivity index (χ1n) is 4.72. The number of aromatic nitrogens is 2. The molecule has 0 saturated heterocycles. The third-order valence-electron chi connectivity index (χ3n) is 2.29. The molecule has 1 heterocycles. The highest BCUT2D eigenvalue weighted by Gasteiger charge is 2.10. The van der Waals surface area contributed by atoms with Gasteiger partial charge in [0.15, 0.2) is 0 Å². The van der Waals surface area contributed by atoms with E-state index in [1.165, 1.54) is 0 Å². The van der Waals surface area contributed by atoms with E-state index in [4.69, 9.17) is 10.8 Å². The first-order valence-corrected chi connectivity index (χ1v) is 4.72. The molecule has 0 aliphatic rings. The van der Waals surface area contributed by atoms with Crippen molar-refractivity contribution >= 4 is 17.0 Å². The van der Waals surface area contributed by atoms with E-state index < -0.39 is 6.10 Å². The van der Waals surface area contributed by atoms with Crippen LogP contribution < -0.4 is 5.73 Å². The summed E-state index contributed by atoms with van der Waals surface area (Å²) < 4.78 is 1.69. The van der Waals surface area contributed by atoms with E-state index in [1.807, 2.05) is 24.3 Å². The second kappa shape index (κ2) is 3.88. The molecule has 1 atom stereocenters. The third-order valence-corrected chi connectivity index (χ3v) is 2.29. The van der Waals surface area contributed by atoms with Gasteiger partial charge in [-0.2, -0.15) is 0 Å². The molecule has 15 heavy (non-hydrogen) atoms. The fraction of sp³-hybridized carbons (Fsp3) is 0.300. The monoisotopic (exact) mass is 207 g/mol. The Balaban J connectivity index is 2.45. The molecule has 0 fully saturated rings. The first kappa shape index (κ1) is 9.95. The second-order valence-electron chi connectivity index (χ2n) is 3.41. The van der Waals surface area contributed by atoms with Gasteiger partial charge in [-0.15, -0.1) is 0 Å². The van der Waals surface area contributed by atoms with Crippen molar-refractivity contribution in [1.29, 1.82) is 0 Å². The summed E-state index contributed by atoms with van der Waals surface area (Å²) in [5.41, 5.74) is 7.37. The summed E-state index contributed by atoms with van der Waals surface area (Å²) in [6.07, 6.45) is -0.815. The first-order chi connectivity index (χ1) is 7.22. The number of benzene rings is 1. The maximum atomic E-state index is 9.36. The van der Waals surface area contributed by atoms with Gasteiger partial charge < -0.3 is 20.5 Å². The SMILES string of the molecule is Nc1nc2ccccc2n1CC(O)CO. The van der Waals surface area contributed by atoms with E-state index in [0.717, 1.165) is 11.0 Å². The molecule has 1 aromatic carbocycles. The summed E-state index contributed by atoms with van der Waals surface area (Å²) in [4.78, 5) is 4.15. The predicted molar refractivity (Wildman–Crippen MR) is 57.2 cm³/mol. The number of rotatable bonds is 3. The van der Waals surface area contributed by atoms with Crippen LogP contribution in [0, 0.1) is 0 Å². The van der Waals surface area contributed by atoms with Gasteiger partial charge in [-0.05, 0) is 12.1 Å². The third kappa shape index (κ3) is 1.79. The number of hydrogen-bond donors (Lipinski definition) is 3. The van der Waals surface area contributed by atoms with Crippen LogP contribution in [-0.2, 0) is 6.54 Å². The van der Waals surface area contributed by atoms with Gasteiger partial charge in [0, 0.05) is 0 Å². The van der Waals surface area contributed by atoms with E-state index >= 15 is 0 Å². The fourth-order valence-electron chi connectivity index (χ4n) is 1.55. The Morgan fingerprint density at radius 3 is 2.87 bits per heavy atom. The van der Waals surface area contributed by atoms with Gasteiger partial charge in [0.1, 0.15) is 0 Å². The summed E-state index contributed by atoms with van der Waals surface area (Å²) in [6.45, 7) is -0.0329. The van der Waals surface area contributed by atoms with Crippen molar-refractivity contribution in [3.8, 4) is 0 Å². The van der Waals surface area contributed by atoms with Crippen molar-refractivity contribution in [2.45, 2.75) is 12.6 Å². The molecule has 1 unspecified atom stereocenters. The Labute approximate surface area is 86.8 Å². The average Bonchev–Trinajstić information content (AvgIpc) is 2.55. The van der Waals surface area contributed by atoms with Crippen LogP contribution in [0.1, 0.15) is 0 Å². The minimum absolute atomic E-state index is 0.253. The van der Waals surface area contributed by atoms with Crippen molar-refractivity contribution in [2.24, 2.45) is 0 Å². The molecule has 0 radical (unpaired) electrons. The van der Waals surface area contributed by atoms with Crippen molar-refractivity contribution in [1.82, 2.24) is 9.55 Å². The van der Waals surface area contributed by atoms with Crippen LogP contribution in [0.2, 0.25) is 0 Å². The lowest BCUT2D eigenvalue weighted by Gasteiger charge is -2.10. The highest BCUT2D eigenvalue weighted by atomic mass is 16.3. The van der Waals surface area contributed by atoms with Gasteiger partial charge in [-0.1, -0.05) is 12.1 Å². The number of aliphatic hydroxyl groups is 2. The summed E-state index contributed by atoms with van der Waals surface area (Å²) in [5, 5.41) is 18.1. The maximum Gasteiger partial charge on any atom is 0.201 e. The molecule has 2 rings (SSSR count). The zero-order chi connectivity index (χ0) is 10.8. The zero-order valence-electron chi connectivity index (χ0n) is 8.17. The Bertz CT molecular complexity index is 467. The van der Waals surface area contributed by atoms with Gasteiger partial charge in [-0.3, -0.25) is 0 Å². The van der Waals surface area contributed by atoms with Crippen LogP contribution in [0.5, 0.6) is 0 Å². The van der Waals surface area contributed by atoms with Crippen LogP contribution in [0.25, 0.3) is 11.0 Å². The molecule has 2 aromatic rings. The van der Waals surface area contributed by atoms with Crippen LogP contribution in [0.3, 0.4) is 0 Å². The molecular weight excluding hydrogens is 194 g/mol. The Hall–Kier alpha value is -1.59. The number of fused-ring (bicyclic) bond motifs is 1. The molecule has 0 spiro atoms. The zero-order valence-corrected chi connectivity index (χ0v) is 8.17. The van der Waals surface area contributed by atoms with Gasteiger partial charge in [0.05, 0.1) is 30.3 Å². The van der Waals surface area contributed by atoms with Crippen molar-refractivity contribution in [3.05, 3.63) is 24.3 Å². The largest absolute Gasteiger partial charge is 0.394 e. The summed E-state index contributed by atoms with van der Waals surface area (Å²) >= 11 is 0. The minimum atomic E-state index is -0.815. The molecule has 80 valence electrons. The van der Waals surface area contributed by atoms with Crippen molar-refractivity contribution in [2.75, 3.05) is 12.3 Å². The highest BCUT2D eigenvalue weighted by Crippen LogP contribution is 2.17. The number of para-hydroxylation sites is 2. The number of nitrogens with zero attached hydrogens (tertiary/aromatic N) is 2. The van der Waals surface area contributed by atoms with Crippen molar-refractivity contribution in [3.63, 3.8) is 0 Å². The predicted octanol–water partition coefficient (Wildman–Crippen LogP) is -0.0283. The molecule has 5 nitrogen and oxygen atoms in total. The van der Waals surface area contributed by atoms with Crippen molar-refractivity contribution < 1.29 is 10.2 Å². The molecule has 1 aromatic heterocycles. The van der Waals surface area contributed by atoms with E-state index in [2.05, 4.69) is 4.98 Å². The number of hydrogen-bond acceptors (Lipinski definition) is 4. The summed E-state index contributed by atoms with van der Waals surface area (Å²) in [7, 11) is 0. The minimum Gasteiger partial charge on any atom is -0.394 e. The molecule has 0 saturated carbocycles. The molecule has 4 N–H and O–H groups in total. The molecule has 5 heteroatoms. The number of nitrogens with two attached hydrogens (primary N) is 1. The van der Waals surface area contributed by atoms with E-state index in [9.17, 15) is 5.11 Å². The van der Waals surface area contributed by atoms with Crippen LogP contribution in [0.15, 0.2) is 24.3 Å². The number of imidazole rings is 1. The fourth-order valence-corrected chi connectivity index (χ4v) is 1.55. The van der Waals surface area contributed by atoms with Gasteiger partial charge in [-0.25, -0.2) is 4.98 Å². The normalized spacial score (nSPS) is 13.2. The number of aliphatic hydroxyl groups excluding tert-OH is 2. The standard InChI is InChI=1S/C10H13N3O2/c11-10-12-8-3-1-2-4-9(8)13(10)5-7(15)6-14/h1-4,7,14-15H,5-6H2,(H2,11,12). The molecule has 0 amide bonds. The van der Waals surface area contributed by atoms with Gasteiger partial charge >= 0.3 is 0 Å². The molecule has 0 aliphatic heterocycles. The lowest BCUT2D eigenvalue weighted by atomic mass is 10.3. The average molecular weight is 207 g/mol. The second-order valence-corrected chi connectivity index (χ2v) is 3.41. The number of nitrogen functional groups attached to an aromatic ring is 1. The Morgan fingerprint density at radius 2 is 2.13 bits per heavy atom. The maximum absolute atomic E-state index is 9.36. The van der Waals surface area contributed by atoms with E-state index in [-0.39, 0.29) is 13.2 Å². The summed E-state index contributed by atoms with van der Waals surface area (Å²) in [5.74, 6) is 0.351.